The maximum atomic E-state index is 14.0. The van der Waals surface area contributed by atoms with Crippen LogP contribution in [0.2, 0.25) is 10.0 Å². The van der Waals surface area contributed by atoms with E-state index in [4.69, 9.17) is 23.2 Å². The molecule has 12 heteroatoms. The van der Waals surface area contributed by atoms with Gasteiger partial charge in [-0.15, -0.1) is 0 Å². The molecule has 3 heterocycles. The van der Waals surface area contributed by atoms with Crippen LogP contribution in [-0.4, -0.2) is 62.3 Å². The summed E-state index contributed by atoms with van der Waals surface area (Å²) < 4.78 is 29.1. The first-order valence-corrected chi connectivity index (χ1v) is 16.2. The van der Waals surface area contributed by atoms with Crippen LogP contribution in [-0.2, 0) is 19.6 Å². The minimum absolute atomic E-state index is 0.0723. The Morgan fingerprint density at radius 1 is 1.05 bits per heavy atom. The zero-order valence-electron chi connectivity index (χ0n) is 23.2. The van der Waals surface area contributed by atoms with Gasteiger partial charge in [0.2, 0.25) is 11.8 Å². The zero-order valence-corrected chi connectivity index (χ0v) is 25.6. The summed E-state index contributed by atoms with van der Waals surface area (Å²) in [6, 6.07) is 15.5. The molecule has 42 heavy (non-hydrogen) atoms. The van der Waals surface area contributed by atoms with E-state index in [1.165, 1.54) is 18.2 Å². The molecule has 9 nitrogen and oxygen atoms in total. The fourth-order valence-corrected chi connectivity index (χ4v) is 7.98. The summed E-state index contributed by atoms with van der Waals surface area (Å²) in [4.78, 5) is 35.1. The number of aromatic nitrogens is 1. The highest BCUT2D eigenvalue weighted by Gasteiger charge is 2.43. The first kappa shape index (κ1) is 30.1. The van der Waals surface area contributed by atoms with Crippen molar-refractivity contribution in [3.63, 3.8) is 0 Å². The van der Waals surface area contributed by atoms with Gasteiger partial charge in [0.05, 0.1) is 27.8 Å². The molecule has 1 fully saturated rings. The fourth-order valence-electron chi connectivity index (χ4n) is 5.61. The Balaban J connectivity index is 1.31. The lowest BCUT2D eigenvalue weighted by Gasteiger charge is -2.38. The first-order chi connectivity index (χ1) is 20.2. The molecule has 2 amide bonds. The number of sulfonamides is 1. The number of carbonyl (C=O) groups is 2. The van der Waals surface area contributed by atoms with Crippen LogP contribution in [0.1, 0.15) is 32.6 Å². The van der Waals surface area contributed by atoms with Gasteiger partial charge in [-0.1, -0.05) is 47.5 Å². The number of piperidine rings is 1. The second-order valence-corrected chi connectivity index (χ2v) is 13.0. The Labute approximate surface area is 256 Å². The van der Waals surface area contributed by atoms with Crippen LogP contribution >= 0.6 is 23.2 Å². The summed E-state index contributed by atoms with van der Waals surface area (Å²) in [5.41, 5.74) is 0.589. The molecule has 222 valence electrons. The predicted octanol–water partition coefficient (Wildman–Crippen LogP) is 5.45. The van der Waals surface area contributed by atoms with Gasteiger partial charge in [0.1, 0.15) is 16.8 Å². The number of para-hydroxylation sites is 2. The third-order valence-corrected chi connectivity index (χ3v) is 10.7. The van der Waals surface area contributed by atoms with Crippen LogP contribution in [0.4, 0.5) is 17.2 Å². The number of nitrogens with zero attached hydrogens (tertiary/aromatic N) is 4. The molecular formula is C30H33Cl2N5O4S. The van der Waals surface area contributed by atoms with E-state index < -0.39 is 22.0 Å². The van der Waals surface area contributed by atoms with Gasteiger partial charge in [-0.25, -0.2) is 13.4 Å². The summed E-state index contributed by atoms with van der Waals surface area (Å²) >= 11 is 12.5. The third-order valence-electron chi connectivity index (χ3n) is 7.94. The molecule has 0 aliphatic carbocycles. The molecule has 0 unspecified atom stereocenters. The van der Waals surface area contributed by atoms with E-state index in [0.29, 0.717) is 24.7 Å². The highest BCUT2D eigenvalue weighted by atomic mass is 35.5. The molecule has 3 aromatic rings. The topological polar surface area (TPSA) is 103 Å². The molecule has 1 aromatic heterocycles. The molecule has 0 bridgehead atoms. The van der Waals surface area contributed by atoms with Gasteiger partial charge in [-0.3, -0.25) is 13.9 Å². The second kappa shape index (κ2) is 12.9. The van der Waals surface area contributed by atoms with Gasteiger partial charge in [0.25, 0.3) is 10.0 Å². The van der Waals surface area contributed by atoms with Crippen LogP contribution in [0.5, 0.6) is 0 Å². The summed E-state index contributed by atoms with van der Waals surface area (Å²) in [5, 5.41) is 2.70. The largest absolute Gasteiger partial charge is 0.357 e. The van der Waals surface area contributed by atoms with E-state index in [1.807, 2.05) is 25.1 Å². The van der Waals surface area contributed by atoms with E-state index in [2.05, 4.69) is 15.2 Å². The number of nitrogens with one attached hydrogen (secondary N) is 1. The molecule has 0 spiro atoms. The smallest absolute Gasteiger partial charge is 0.266 e. The number of amides is 2. The molecular weight excluding hydrogens is 597 g/mol. The summed E-state index contributed by atoms with van der Waals surface area (Å²) in [7, 11) is -4.37. The Kier molecular flexibility index (Phi) is 9.25. The van der Waals surface area contributed by atoms with Crippen molar-refractivity contribution in [2.75, 3.05) is 40.7 Å². The number of halogens is 2. The lowest BCUT2D eigenvalue weighted by atomic mass is 9.93. The number of pyridine rings is 1. The Bertz CT molecular complexity index is 1550. The SMILES string of the molecule is CCN(CCC1CCN(c2ccccn2)CC1)C(=O)C[C@@H]1C(=O)Nc2ccccc2N1S(=O)(=O)c1cccc(Cl)c1Cl. The van der Waals surface area contributed by atoms with E-state index in [-0.39, 0.29) is 33.0 Å². The van der Waals surface area contributed by atoms with Crippen molar-refractivity contribution in [3.8, 4) is 0 Å². The zero-order chi connectivity index (χ0) is 29.9. The maximum Gasteiger partial charge on any atom is 0.266 e. The number of carbonyl (C=O) groups excluding carboxylic acids is 2. The third kappa shape index (κ3) is 6.21. The normalized spacial score (nSPS) is 17.5. The molecule has 0 saturated carbocycles. The molecule has 5 rings (SSSR count). The standard InChI is InChI=1S/C30H33Cl2N5O4S/c1-2-35(17-13-21-14-18-36(19-15-21)27-12-5-6-16-33-27)28(38)20-25-30(39)34-23-9-3-4-10-24(23)37(25)42(40,41)26-11-7-8-22(31)29(26)32/h3-12,16,21,25H,2,13-15,17-20H2,1H3,(H,34,39)/t25-/m1/s1. The monoisotopic (exact) mass is 629 g/mol. The number of hydrogen-bond donors (Lipinski definition) is 1. The van der Waals surface area contributed by atoms with E-state index in [0.717, 1.165) is 42.5 Å². The summed E-state index contributed by atoms with van der Waals surface area (Å²) in [6.07, 6.45) is 4.30. The van der Waals surface area contributed by atoms with Crippen LogP contribution in [0.15, 0.2) is 71.8 Å². The predicted molar refractivity (Wildman–Crippen MR) is 166 cm³/mol. The van der Waals surface area contributed by atoms with Crippen molar-refractivity contribution in [1.82, 2.24) is 9.88 Å². The van der Waals surface area contributed by atoms with Crippen LogP contribution in [0.3, 0.4) is 0 Å². The molecule has 0 radical (unpaired) electrons. The Morgan fingerprint density at radius 2 is 1.79 bits per heavy atom. The van der Waals surface area contributed by atoms with Gasteiger partial charge in [0, 0.05) is 32.4 Å². The van der Waals surface area contributed by atoms with Crippen molar-refractivity contribution in [3.05, 3.63) is 76.9 Å². The van der Waals surface area contributed by atoms with Crippen LogP contribution in [0, 0.1) is 5.92 Å². The van der Waals surface area contributed by atoms with Crippen molar-refractivity contribution in [2.45, 2.75) is 43.5 Å². The molecule has 1 saturated heterocycles. The first-order valence-electron chi connectivity index (χ1n) is 14.0. The lowest BCUT2D eigenvalue weighted by molar-refractivity contribution is -0.133. The van der Waals surface area contributed by atoms with Gasteiger partial charge >= 0.3 is 0 Å². The highest BCUT2D eigenvalue weighted by Crippen LogP contribution is 2.40. The van der Waals surface area contributed by atoms with Gasteiger partial charge in [-0.2, -0.15) is 0 Å². The van der Waals surface area contributed by atoms with Gasteiger partial charge < -0.3 is 15.1 Å². The van der Waals surface area contributed by atoms with Crippen molar-refractivity contribution in [1.29, 1.82) is 0 Å². The summed E-state index contributed by atoms with van der Waals surface area (Å²) in [5.74, 6) is 0.563. The fraction of sp³-hybridized carbons (Fsp3) is 0.367. The molecule has 2 aromatic carbocycles. The molecule has 2 aliphatic rings. The number of benzene rings is 2. The van der Waals surface area contributed by atoms with Gasteiger partial charge in [-0.05, 0) is 68.5 Å². The Hall–Kier alpha value is -3.34. The van der Waals surface area contributed by atoms with Crippen LogP contribution < -0.4 is 14.5 Å². The Morgan fingerprint density at radius 3 is 2.50 bits per heavy atom. The number of rotatable bonds is 9. The number of fused-ring (bicyclic) bond motifs is 1. The van der Waals surface area contributed by atoms with E-state index in [9.17, 15) is 18.0 Å². The maximum absolute atomic E-state index is 14.0. The molecule has 2 aliphatic heterocycles. The number of anilines is 3. The van der Waals surface area contributed by atoms with Crippen molar-refractivity contribution < 1.29 is 18.0 Å². The minimum Gasteiger partial charge on any atom is -0.357 e. The molecule has 1 atom stereocenters. The van der Waals surface area contributed by atoms with E-state index in [1.54, 1.807) is 35.4 Å². The highest BCUT2D eigenvalue weighted by molar-refractivity contribution is 7.93. The quantitative estimate of drug-likeness (QED) is 0.338. The average Bonchev–Trinajstić information content (AvgIpc) is 2.99. The molecule has 1 N–H and O–H groups in total. The van der Waals surface area contributed by atoms with Crippen molar-refractivity contribution >= 4 is 62.2 Å². The minimum atomic E-state index is -4.37. The number of hydrogen-bond acceptors (Lipinski definition) is 6. The van der Waals surface area contributed by atoms with Gasteiger partial charge in [0.15, 0.2) is 0 Å². The lowest BCUT2D eigenvalue weighted by Crippen LogP contribution is -2.53. The van der Waals surface area contributed by atoms with Crippen LogP contribution in [0.25, 0.3) is 0 Å². The summed E-state index contributed by atoms with van der Waals surface area (Å²) in [6.45, 7) is 4.67. The van der Waals surface area contributed by atoms with Crippen molar-refractivity contribution in [2.24, 2.45) is 5.92 Å². The average molecular weight is 631 g/mol. The second-order valence-electron chi connectivity index (χ2n) is 10.5. The van der Waals surface area contributed by atoms with E-state index >= 15 is 0 Å².